The SMILES string of the molecule is Cc1noc(C)c1C(=O)N1CCc2nc3n(c(=O)c2C1)[C@H](CN(C)C)CCC3. The summed E-state index contributed by atoms with van der Waals surface area (Å²) in [6.45, 7) is 5.16. The van der Waals surface area contributed by atoms with Crippen molar-refractivity contribution in [1.82, 2.24) is 24.5 Å². The van der Waals surface area contributed by atoms with Crippen LogP contribution in [0.1, 0.15) is 57.8 Å². The van der Waals surface area contributed by atoms with Gasteiger partial charge in [0, 0.05) is 25.9 Å². The molecule has 0 unspecified atom stereocenters. The van der Waals surface area contributed by atoms with E-state index >= 15 is 0 Å². The smallest absolute Gasteiger partial charge is 0.259 e. The van der Waals surface area contributed by atoms with E-state index in [9.17, 15) is 9.59 Å². The van der Waals surface area contributed by atoms with Gasteiger partial charge in [-0.05, 0) is 40.8 Å². The minimum absolute atomic E-state index is 0.0165. The number of rotatable bonds is 3. The first kappa shape index (κ1) is 18.9. The Morgan fingerprint density at radius 2 is 2.07 bits per heavy atom. The van der Waals surface area contributed by atoms with Gasteiger partial charge in [-0.2, -0.15) is 0 Å². The van der Waals surface area contributed by atoms with Gasteiger partial charge in [-0.25, -0.2) is 4.98 Å². The van der Waals surface area contributed by atoms with E-state index in [1.165, 1.54) is 0 Å². The molecule has 0 radical (unpaired) electrons. The molecule has 2 aromatic heterocycles. The number of carbonyl (C=O) groups is 1. The molecule has 2 aliphatic heterocycles. The fourth-order valence-electron chi connectivity index (χ4n) is 4.43. The maximum absolute atomic E-state index is 13.4. The van der Waals surface area contributed by atoms with Crippen molar-refractivity contribution in [2.24, 2.45) is 0 Å². The van der Waals surface area contributed by atoms with Crippen LogP contribution < -0.4 is 5.56 Å². The summed E-state index contributed by atoms with van der Waals surface area (Å²) in [5.74, 6) is 1.28. The number of aromatic nitrogens is 3. The van der Waals surface area contributed by atoms with E-state index in [1.807, 2.05) is 18.7 Å². The number of nitrogens with zero attached hydrogens (tertiary/aromatic N) is 5. The lowest BCUT2D eigenvalue weighted by Gasteiger charge is -2.33. The van der Waals surface area contributed by atoms with E-state index in [0.717, 1.165) is 37.3 Å². The molecule has 0 bridgehead atoms. The molecule has 8 heteroatoms. The monoisotopic (exact) mass is 385 g/mol. The lowest BCUT2D eigenvalue weighted by atomic mass is 10.00. The Kier molecular flexibility index (Phi) is 4.82. The van der Waals surface area contributed by atoms with Gasteiger partial charge in [0.25, 0.3) is 11.5 Å². The molecule has 0 fully saturated rings. The molecule has 0 N–H and O–H groups in total. The zero-order valence-electron chi connectivity index (χ0n) is 17.0. The van der Waals surface area contributed by atoms with Gasteiger partial charge in [0.1, 0.15) is 17.1 Å². The standard InChI is InChI=1S/C20H27N5O3/c1-12-18(13(2)28-22-12)20(27)24-9-8-16-15(11-24)19(26)25-14(10-23(3)4)6-5-7-17(25)21-16/h14H,5-11H2,1-4H3/t14-/m0/s1. The van der Waals surface area contributed by atoms with E-state index in [4.69, 9.17) is 9.51 Å². The van der Waals surface area contributed by atoms with Crippen LogP contribution in [0.5, 0.6) is 0 Å². The summed E-state index contributed by atoms with van der Waals surface area (Å²) in [4.78, 5) is 35.1. The van der Waals surface area contributed by atoms with Crippen LogP contribution in [0.2, 0.25) is 0 Å². The number of carbonyl (C=O) groups excluding carboxylic acids is 1. The van der Waals surface area contributed by atoms with Crippen LogP contribution in [0, 0.1) is 13.8 Å². The van der Waals surface area contributed by atoms with Crippen molar-refractivity contribution in [2.75, 3.05) is 27.2 Å². The molecule has 0 spiro atoms. The van der Waals surface area contributed by atoms with Crippen LogP contribution in [0.3, 0.4) is 0 Å². The molecule has 1 amide bonds. The second kappa shape index (κ2) is 7.16. The Balaban J connectivity index is 1.69. The molecule has 0 aromatic carbocycles. The van der Waals surface area contributed by atoms with Gasteiger partial charge in [-0.3, -0.25) is 14.2 Å². The molecule has 150 valence electrons. The van der Waals surface area contributed by atoms with Gasteiger partial charge in [0.15, 0.2) is 0 Å². The van der Waals surface area contributed by atoms with Crippen LogP contribution in [0.25, 0.3) is 0 Å². The summed E-state index contributed by atoms with van der Waals surface area (Å²) in [5.41, 5.74) is 2.60. The van der Waals surface area contributed by atoms with Crippen LogP contribution in [0.4, 0.5) is 0 Å². The van der Waals surface area contributed by atoms with Gasteiger partial charge in [0.05, 0.1) is 29.5 Å². The van der Waals surface area contributed by atoms with Crippen molar-refractivity contribution in [3.05, 3.63) is 44.5 Å². The Bertz CT molecular complexity index is 955. The summed E-state index contributed by atoms with van der Waals surface area (Å²) in [6, 6.07) is 0.137. The van der Waals surface area contributed by atoms with Crippen molar-refractivity contribution < 1.29 is 9.32 Å². The molecular weight excluding hydrogens is 358 g/mol. The quantitative estimate of drug-likeness (QED) is 0.796. The molecule has 28 heavy (non-hydrogen) atoms. The van der Waals surface area contributed by atoms with Gasteiger partial charge in [-0.15, -0.1) is 0 Å². The second-order valence-electron chi connectivity index (χ2n) is 8.11. The van der Waals surface area contributed by atoms with Crippen LogP contribution in [-0.2, 0) is 19.4 Å². The van der Waals surface area contributed by atoms with E-state index < -0.39 is 0 Å². The van der Waals surface area contributed by atoms with Crippen molar-refractivity contribution in [3.8, 4) is 0 Å². The summed E-state index contributed by atoms with van der Waals surface area (Å²) < 4.78 is 7.03. The lowest BCUT2D eigenvalue weighted by molar-refractivity contribution is 0.0729. The number of hydrogen-bond donors (Lipinski definition) is 0. The average molecular weight is 385 g/mol. The number of amides is 1. The Morgan fingerprint density at radius 1 is 1.29 bits per heavy atom. The highest BCUT2D eigenvalue weighted by Gasteiger charge is 2.32. The fraction of sp³-hybridized carbons (Fsp3) is 0.600. The summed E-state index contributed by atoms with van der Waals surface area (Å²) in [7, 11) is 4.05. The van der Waals surface area contributed by atoms with Crippen molar-refractivity contribution >= 4 is 5.91 Å². The average Bonchev–Trinajstić information content (AvgIpc) is 2.99. The third kappa shape index (κ3) is 3.15. The maximum atomic E-state index is 13.4. The molecule has 2 aliphatic rings. The van der Waals surface area contributed by atoms with Crippen molar-refractivity contribution in [2.45, 2.75) is 52.1 Å². The highest BCUT2D eigenvalue weighted by Crippen LogP contribution is 2.26. The van der Waals surface area contributed by atoms with Gasteiger partial charge in [-0.1, -0.05) is 5.16 Å². The minimum atomic E-state index is -0.131. The molecule has 0 saturated carbocycles. The largest absolute Gasteiger partial charge is 0.361 e. The van der Waals surface area contributed by atoms with Crippen LogP contribution in [0.15, 0.2) is 9.32 Å². The first-order valence-electron chi connectivity index (χ1n) is 9.87. The normalized spacial score (nSPS) is 18.9. The van der Waals surface area contributed by atoms with E-state index in [1.54, 1.807) is 18.7 Å². The third-order valence-electron chi connectivity index (χ3n) is 5.75. The zero-order valence-corrected chi connectivity index (χ0v) is 17.0. The molecule has 4 rings (SSSR count). The Morgan fingerprint density at radius 3 is 2.75 bits per heavy atom. The molecular formula is C20H27N5O3. The molecule has 2 aromatic rings. The predicted octanol–water partition coefficient (Wildman–Crippen LogP) is 1.49. The van der Waals surface area contributed by atoms with Gasteiger partial charge < -0.3 is 14.3 Å². The molecule has 8 nitrogen and oxygen atoms in total. The van der Waals surface area contributed by atoms with Gasteiger partial charge in [0.2, 0.25) is 0 Å². The predicted molar refractivity (Wildman–Crippen MR) is 103 cm³/mol. The summed E-state index contributed by atoms with van der Waals surface area (Å²) in [6.07, 6.45) is 3.48. The van der Waals surface area contributed by atoms with Crippen LogP contribution >= 0.6 is 0 Å². The van der Waals surface area contributed by atoms with Crippen molar-refractivity contribution in [3.63, 3.8) is 0 Å². The number of aryl methyl sites for hydroxylation is 3. The lowest BCUT2D eigenvalue weighted by Crippen LogP contribution is -2.44. The molecule has 4 heterocycles. The van der Waals surface area contributed by atoms with Crippen LogP contribution in [-0.4, -0.2) is 57.6 Å². The Labute approximate surface area is 164 Å². The first-order valence-corrected chi connectivity index (χ1v) is 9.87. The van der Waals surface area contributed by atoms with E-state index in [-0.39, 0.29) is 17.5 Å². The maximum Gasteiger partial charge on any atom is 0.259 e. The highest BCUT2D eigenvalue weighted by atomic mass is 16.5. The summed E-state index contributed by atoms with van der Waals surface area (Å²) >= 11 is 0. The second-order valence-corrected chi connectivity index (χ2v) is 8.11. The van der Waals surface area contributed by atoms with E-state index in [2.05, 4.69) is 10.1 Å². The number of likely N-dealkylation sites (N-methyl/N-ethyl adjacent to an activating group) is 1. The Hall–Kier alpha value is -2.48. The number of fused-ring (bicyclic) bond motifs is 2. The summed E-state index contributed by atoms with van der Waals surface area (Å²) in [5, 5.41) is 3.88. The highest BCUT2D eigenvalue weighted by molar-refractivity contribution is 5.96. The van der Waals surface area contributed by atoms with E-state index in [0.29, 0.717) is 42.1 Å². The topological polar surface area (TPSA) is 84.5 Å². The molecule has 0 saturated heterocycles. The van der Waals surface area contributed by atoms with Crippen molar-refractivity contribution in [1.29, 1.82) is 0 Å². The number of hydrogen-bond acceptors (Lipinski definition) is 6. The van der Waals surface area contributed by atoms with Gasteiger partial charge >= 0.3 is 0 Å². The third-order valence-corrected chi connectivity index (χ3v) is 5.75. The first-order chi connectivity index (χ1) is 13.4. The molecule has 0 aliphatic carbocycles. The fourth-order valence-corrected chi connectivity index (χ4v) is 4.43. The zero-order chi connectivity index (χ0) is 20.0. The minimum Gasteiger partial charge on any atom is -0.361 e. The molecule has 1 atom stereocenters.